The van der Waals surface area contributed by atoms with E-state index in [9.17, 15) is 0 Å². The number of aryl methyl sites for hydroxylation is 1. The first-order valence-corrected chi connectivity index (χ1v) is 6.35. The number of benzene rings is 1. The Hall–Kier alpha value is -2.36. The summed E-state index contributed by atoms with van der Waals surface area (Å²) in [5.41, 5.74) is 4.36. The number of pyridine rings is 1. The van der Waals surface area contributed by atoms with Gasteiger partial charge in [-0.1, -0.05) is 0 Å². The first-order valence-electron chi connectivity index (χ1n) is 6.35. The number of nitrogens with zero attached hydrogens (tertiary/aromatic N) is 2. The van der Waals surface area contributed by atoms with Gasteiger partial charge in [0.05, 0.1) is 11.0 Å². The van der Waals surface area contributed by atoms with Gasteiger partial charge in [0.2, 0.25) is 0 Å². The zero-order chi connectivity index (χ0) is 13.2. The number of anilines is 1. The molecule has 2 aromatic heterocycles. The van der Waals surface area contributed by atoms with Crippen molar-refractivity contribution in [1.29, 1.82) is 0 Å². The lowest BCUT2D eigenvalue weighted by Crippen LogP contribution is -2.06. The summed E-state index contributed by atoms with van der Waals surface area (Å²) in [6.07, 6.45) is 3.63. The van der Waals surface area contributed by atoms with Gasteiger partial charge in [0.15, 0.2) is 0 Å². The van der Waals surface area contributed by atoms with Gasteiger partial charge in [-0.15, -0.1) is 0 Å². The first-order chi connectivity index (χ1) is 9.22. The highest BCUT2D eigenvalue weighted by Gasteiger charge is 2.06. The summed E-state index contributed by atoms with van der Waals surface area (Å²) in [6, 6.07) is 10.5. The number of imidazole rings is 1. The lowest BCUT2D eigenvalue weighted by atomic mass is 10.1. The predicted molar refractivity (Wildman–Crippen MR) is 77.1 cm³/mol. The minimum atomic E-state index is 0.240. The van der Waals surface area contributed by atoms with Crippen LogP contribution in [0.15, 0.2) is 42.7 Å². The van der Waals surface area contributed by atoms with E-state index in [-0.39, 0.29) is 6.04 Å². The number of hydrogen-bond donors (Lipinski definition) is 2. The number of fused-ring (bicyclic) bond motifs is 1. The Morgan fingerprint density at radius 3 is 2.74 bits per heavy atom. The topological polar surface area (TPSA) is 53.6 Å². The lowest BCUT2D eigenvalue weighted by molar-refractivity contribution is 0.881. The zero-order valence-corrected chi connectivity index (χ0v) is 11.0. The number of rotatable bonds is 3. The fourth-order valence-electron chi connectivity index (χ4n) is 2.21. The van der Waals surface area contributed by atoms with E-state index in [0.29, 0.717) is 0 Å². The van der Waals surface area contributed by atoms with Crippen LogP contribution in [0.1, 0.15) is 24.4 Å². The zero-order valence-electron chi connectivity index (χ0n) is 11.0. The molecule has 0 fully saturated rings. The molecule has 1 aromatic carbocycles. The van der Waals surface area contributed by atoms with Gasteiger partial charge < -0.3 is 10.3 Å². The minimum Gasteiger partial charge on any atom is -0.378 e. The molecule has 2 heterocycles. The highest BCUT2D eigenvalue weighted by molar-refractivity contribution is 5.79. The predicted octanol–water partition coefficient (Wildman–Crippen LogP) is 3.44. The Bertz CT molecular complexity index is 688. The Labute approximate surface area is 111 Å². The van der Waals surface area contributed by atoms with Gasteiger partial charge in [-0.3, -0.25) is 4.98 Å². The van der Waals surface area contributed by atoms with Crippen molar-refractivity contribution >= 4 is 16.7 Å². The van der Waals surface area contributed by atoms with Crippen LogP contribution in [-0.2, 0) is 0 Å². The lowest BCUT2D eigenvalue weighted by Gasteiger charge is -2.15. The molecule has 4 heteroatoms. The van der Waals surface area contributed by atoms with Crippen LogP contribution in [0, 0.1) is 6.92 Å². The molecule has 0 aliphatic heterocycles. The SMILES string of the molecule is Cc1nc2ccc(NC(C)c3ccncc3)cc2[nH]1. The maximum atomic E-state index is 4.40. The number of aromatic nitrogens is 3. The van der Waals surface area contributed by atoms with Gasteiger partial charge in [-0.2, -0.15) is 0 Å². The third kappa shape index (κ3) is 2.42. The van der Waals surface area contributed by atoms with Crippen LogP contribution in [-0.4, -0.2) is 15.0 Å². The molecule has 0 aliphatic carbocycles. The van der Waals surface area contributed by atoms with Crippen molar-refractivity contribution in [1.82, 2.24) is 15.0 Å². The summed E-state index contributed by atoms with van der Waals surface area (Å²) in [7, 11) is 0. The molecular weight excluding hydrogens is 236 g/mol. The van der Waals surface area contributed by atoms with E-state index in [2.05, 4.69) is 39.3 Å². The molecule has 0 amide bonds. The first kappa shape index (κ1) is 11.7. The summed E-state index contributed by atoms with van der Waals surface area (Å²) in [4.78, 5) is 11.7. The van der Waals surface area contributed by atoms with E-state index in [1.807, 2.05) is 37.5 Å². The molecule has 0 radical (unpaired) electrons. The normalized spacial score (nSPS) is 12.5. The van der Waals surface area contributed by atoms with Crippen molar-refractivity contribution in [2.75, 3.05) is 5.32 Å². The summed E-state index contributed by atoms with van der Waals surface area (Å²) < 4.78 is 0. The number of aromatic amines is 1. The van der Waals surface area contributed by atoms with Crippen LogP contribution < -0.4 is 5.32 Å². The number of hydrogen-bond acceptors (Lipinski definition) is 3. The quantitative estimate of drug-likeness (QED) is 0.750. The Morgan fingerprint density at radius 2 is 1.95 bits per heavy atom. The molecule has 96 valence electrons. The van der Waals surface area contributed by atoms with Gasteiger partial charge >= 0.3 is 0 Å². The highest BCUT2D eigenvalue weighted by atomic mass is 14.9. The molecule has 0 spiro atoms. The van der Waals surface area contributed by atoms with Crippen LogP contribution in [0.2, 0.25) is 0 Å². The van der Waals surface area contributed by atoms with E-state index >= 15 is 0 Å². The van der Waals surface area contributed by atoms with Crippen molar-refractivity contribution < 1.29 is 0 Å². The molecule has 4 nitrogen and oxygen atoms in total. The smallest absolute Gasteiger partial charge is 0.104 e. The Kier molecular flexibility index (Phi) is 2.91. The van der Waals surface area contributed by atoms with E-state index in [4.69, 9.17) is 0 Å². The maximum absolute atomic E-state index is 4.40. The van der Waals surface area contributed by atoms with Gasteiger partial charge in [0, 0.05) is 24.1 Å². The molecule has 19 heavy (non-hydrogen) atoms. The molecule has 0 saturated heterocycles. The molecule has 0 saturated carbocycles. The van der Waals surface area contributed by atoms with Crippen molar-refractivity contribution in [2.24, 2.45) is 0 Å². The average Bonchev–Trinajstić information content (AvgIpc) is 2.79. The standard InChI is InChI=1S/C15H16N4/c1-10(12-5-7-16-8-6-12)17-13-3-4-14-15(9-13)19-11(2)18-14/h3-10,17H,1-2H3,(H,18,19). The summed E-state index contributed by atoms with van der Waals surface area (Å²) in [5.74, 6) is 0.939. The average molecular weight is 252 g/mol. The molecule has 1 atom stereocenters. The van der Waals surface area contributed by atoms with Crippen molar-refractivity contribution in [3.8, 4) is 0 Å². The maximum Gasteiger partial charge on any atom is 0.104 e. The molecule has 0 bridgehead atoms. The monoisotopic (exact) mass is 252 g/mol. The van der Waals surface area contributed by atoms with Crippen LogP contribution >= 0.6 is 0 Å². The van der Waals surface area contributed by atoms with Crippen molar-refractivity contribution in [3.63, 3.8) is 0 Å². The second-order valence-corrected chi connectivity index (χ2v) is 4.70. The van der Waals surface area contributed by atoms with Crippen molar-refractivity contribution in [3.05, 3.63) is 54.1 Å². The van der Waals surface area contributed by atoms with E-state index in [0.717, 1.165) is 22.5 Å². The fraction of sp³-hybridized carbons (Fsp3) is 0.200. The van der Waals surface area contributed by atoms with Crippen LogP contribution in [0.25, 0.3) is 11.0 Å². The number of H-pyrrole nitrogens is 1. The Balaban J connectivity index is 1.85. The molecule has 0 aliphatic rings. The fourth-order valence-corrected chi connectivity index (χ4v) is 2.21. The largest absolute Gasteiger partial charge is 0.378 e. The summed E-state index contributed by atoms with van der Waals surface area (Å²) in [6.45, 7) is 4.10. The molecule has 1 unspecified atom stereocenters. The second-order valence-electron chi connectivity index (χ2n) is 4.70. The summed E-state index contributed by atoms with van der Waals surface area (Å²) >= 11 is 0. The van der Waals surface area contributed by atoms with Crippen LogP contribution in [0.4, 0.5) is 5.69 Å². The van der Waals surface area contributed by atoms with Crippen LogP contribution in [0.3, 0.4) is 0 Å². The van der Waals surface area contributed by atoms with Crippen LogP contribution in [0.5, 0.6) is 0 Å². The van der Waals surface area contributed by atoms with Gasteiger partial charge in [0.1, 0.15) is 5.82 Å². The second kappa shape index (κ2) is 4.72. The van der Waals surface area contributed by atoms with Gasteiger partial charge in [-0.25, -0.2) is 4.98 Å². The van der Waals surface area contributed by atoms with Gasteiger partial charge in [-0.05, 0) is 49.7 Å². The number of nitrogens with one attached hydrogen (secondary N) is 2. The Morgan fingerprint density at radius 1 is 1.16 bits per heavy atom. The molecular formula is C15H16N4. The third-order valence-corrected chi connectivity index (χ3v) is 3.19. The molecule has 3 aromatic rings. The van der Waals surface area contributed by atoms with E-state index in [1.165, 1.54) is 5.56 Å². The van der Waals surface area contributed by atoms with E-state index < -0.39 is 0 Å². The molecule has 3 rings (SSSR count). The third-order valence-electron chi connectivity index (χ3n) is 3.19. The minimum absolute atomic E-state index is 0.240. The van der Waals surface area contributed by atoms with Crippen molar-refractivity contribution in [2.45, 2.75) is 19.9 Å². The van der Waals surface area contributed by atoms with E-state index in [1.54, 1.807) is 0 Å². The molecule has 2 N–H and O–H groups in total. The summed E-state index contributed by atoms with van der Waals surface area (Å²) in [5, 5.41) is 3.48. The van der Waals surface area contributed by atoms with Gasteiger partial charge in [0.25, 0.3) is 0 Å². The highest BCUT2D eigenvalue weighted by Crippen LogP contribution is 2.22.